The number of carboxylic acids is 2. The quantitative estimate of drug-likeness (QED) is 0.120. The Morgan fingerprint density at radius 3 is 2.50 bits per heavy atom. The Bertz CT molecular complexity index is 702. The van der Waals surface area contributed by atoms with Crippen molar-refractivity contribution >= 4 is 23.9 Å². The van der Waals surface area contributed by atoms with E-state index < -0.39 is 36.6 Å². The highest BCUT2D eigenvalue weighted by Gasteiger charge is 2.23. The van der Waals surface area contributed by atoms with Gasteiger partial charge >= 0.3 is 18.0 Å². The van der Waals surface area contributed by atoms with Crippen molar-refractivity contribution in [3.05, 3.63) is 11.7 Å². The minimum absolute atomic E-state index is 0.0379. The molecule has 0 aliphatic rings. The molecular formula is C14H24N8O6. The molecule has 1 heterocycles. The molecule has 0 saturated carbocycles. The first-order valence-corrected chi connectivity index (χ1v) is 8.31. The maximum atomic E-state index is 11.9. The number of carbonyl (C=O) groups is 3. The van der Waals surface area contributed by atoms with E-state index in [1.54, 1.807) is 0 Å². The molecule has 1 aromatic heterocycles. The number of aliphatic imine (C=N–C) groups is 1. The fraction of sp³-hybridized carbons (Fsp3) is 0.571. The zero-order valence-electron chi connectivity index (χ0n) is 15.0. The number of carboxylic acid groups (broad SMARTS) is 2. The van der Waals surface area contributed by atoms with E-state index in [1.807, 2.05) is 0 Å². The Morgan fingerprint density at radius 2 is 1.89 bits per heavy atom. The van der Waals surface area contributed by atoms with E-state index in [4.69, 9.17) is 31.9 Å². The highest BCUT2D eigenvalue weighted by atomic mass is 16.5. The standard InChI is InChI=1S/C14H24N8O6/c15-7(3-4-9(23)24)11-21-12(28-22-11)8(2-1-5-18-13(16)17)20-14(27)19-6-10(25)26/h7-8H,1-6,15H2,(H,23,24)(H,25,26)(H4,16,17,18)(H2,19,20,27)/t7-,8-/m0/s1. The van der Waals surface area contributed by atoms with Gasteiger partial charge < -0.3 is 42.6 Å². The summed E-state index contributed by atoms with van der Waals surface area (Å²) < 4.78 is 5.13. The van der Waals surface area contributed by atoms with Crippen LogP contribution < -0.4 is 27.8 Å². The lowest BCUT2D eigenvalue weighted by atomic mass is 10.1. The molecule has 0 radical (unpaired) electrons. The van der Waals surface area contributed by atoms with E-state index in [2.05, 4.69) is 25.8 Å². The van der Waals surface area contributed by atoms with E-state index in [0.717, 1.165) is 0 Å². The van der Waals surface area contributed by atoms with Gasteiger partial charge in [-0.2, -0.15) is 4.98 Å². The summed E-state index contributed by atoms with van der Waals surface area (Å²) in [7, 11) is 0. The molecule has 10 N–H and O–H groups in total. The van der Waals surface area contributed by atoms with Gasteiger partial charge in [0.2, 0.25) is 5.89 Å². The number of nitrogens with two attached hydrogens (primary N) is 3. The van der Waals surface area contributed by atoms with Crippen LogP contribution in [-0.2, 0) is 9.59 Å². The summed E-state index contributed by atoms with van der Waals surface area (Å²) in [4.78, 5) is 41.0. The van der Waals surface area contributed by atoms with Crippen molar-refractivity contribution in [3.63, 3.8) is 0 Å². The van der Waals surface area contributed by atoms with Crippen molar-refractivity contribution in [2.75, 3.05) is 13.1 Å². The molecule has 0 aliphatic heterocycles. The lowest BCUT2D eigenvalue weighted by molar-refractivity contribution is -0.137. The Morgan fingerprint density at radius 1 is 1.18 bits per heavy atom. The molecule has 1 aromatic rings. The van der Waals surface area contributed by atoms with Crippen LogP contribution in [0.1, 0.15) is 49.5 Å². The smallest absolute Gasteiger partial charge is 0.323 e. The number of urea groups is 1. The fourth-order valence-electron chi connectivity index (χ4n) is 2.07. The van der Waals surface area contributed by atoms with Gasteiger partial charge in [0.15, 0.2) is 11.8 Å². The molecule has 28 heavy (non-hydrogen) atoms. The first-order chi connectivity index (χ1) is 13.2. The molecule has 0 aromatic carbocycles. The number of guanidine groups is 1. The van der Waals surface area contributed by atoms with Crippen molar-refractivity contribution < 1.29 is 29.1 Å². The monoisotopic (exact) mass is 400 g/mol. The maximum Gasteiger partial charge on any atom is 0.323 e. The summed E-state index contributed by atoms with van der Waals surface area (Å²) in [5.74, 6) is -2.15. The largest absolute Gasteiger partial charge is 0.481 e. The molecule has 1 rings (SSSR count). The molecule has 0 fully saturated rings. The third-order valence-corrected chi connectivity index (χ3v) is 3.41. The van der Waals surface area contributed by atoms with E-state index in [1.165, 1.54) is 0 Å². The average Bonchev–Trinajstić information content (AvgIpc) is 3.10. The molecule has 2 atom stereocenters. The Hall–Kier alpha value is -3.42. The molecule has 2 amide bonds. The predicted octanol–water partition coefficient (Wildman–Crippen LogP) is -1.59. The van der Waals surface area contributed by atoms with E-state index >= 15 is 0 Å². The average molecular weight is 400 g/mol. The van der Waals surface area contributed by atoms with Gasteiger partial charge in [0, 0.05) is 13.0 Å². The Kier molecular flexibility index (Phi) is 9.15. The van der Waals surface area contributed by atoms with Gasteiger partial charge in [0.1, 0.15) is 12.6 Å². The number of amides is 2. The fourth-order valence-corrected chi connectivity index (χ4v) is 2.07. The molecule has 0 bridgehead atoms. The zero-order valence-corrected chi connectivity index (χ0v) is 15.0. The third kappa shape index (κ3) is 8.79. The lowest BCUT2D eigenvalue weighted by Crippen LogP contribution is -2.40. The van der Waals surface area contributed by atoms with Gasteiger partial charge in [-0.1, -0.05) is 5.16 Å². The number of hydrogen-bond donors (Lipinski definition) is 7. The SMILES string of the molecule is NC(N)=NCCC[C@H](NC(=O)NCC(=O)O)c1nc([C@@H](N)CCC(=O)O)no1. The maximum absolute atomic E-state index is 11.9. The second-order valence-electron chi connectivity index (χ2n) is 5.75. The second-order valence-corrected chi connectivity index (χ2v) is 5.75. The molecular weight excluding hydrogens is 376 g/mol. The number of nitrogens with zero attached hydrogens (tertiary/aromatic N) is 3. The van der Waals surface area contributed by atoms with Crippen molar-refractivity contribution in [2.24, 2.45) is 22.2 Å². The summed E-state index contributed by atoms with van der Waals surface area (Å²) >= 11 is 0. The summed E-state index contributed by atoms with van der Waals surface area (Å²) in [6.07, 6.45) is 0.701. The molecule has 0 saturated heterocycles. The van der Waals surface area contributed by atoms with Crippen LogP contribution in [-0.4, -0.2) is 57.4 Å². The number of rotatable bonds is 12. The van der Waals surface area contributed by atoms with E-state index in [-0.39, 0.29) is 37.1 Å². The van der Waals surface area contributed by atoms with Gasteiger partial charge in [-0.05, 0) is 19.3 Å². The minimum atomic E-state index is -1.20. The second kappa shape index (κ2) is 11.3. The summed E-state index contributed by atoms with van der Waals surface area (Å²) in [5.41, 5.74) is 16.3. The van der Waals surface area contributed by atoms with Crippen LogP contribution in [0.25, 0.3) is 0 Å². The summed E-state index contributed by atoms with van der Waals surface area (Å²) in [6, 6.07) is -2.25. The van der Waals surface area contributed by atoms with Crippen molar-refractivity contribution in [1.82, 2.24) is 20.8 Å². The highest BCUT2D eigenvalue weighted by Crippen LogP contribution is 2.20. The molecule has 156 valence electrons. The van der Waals surface area contributed by atoms with Crippen LogP contribution in [0.2, 0.25) is 0 Å². The summed E-state index contributed by atoms with van der Waals surface area (Å²) in [6.45, 7) is -0.280. The summed E-state index contributed by atoms with van der Waals surface area (Å²) in [5, 5.41) is 25.7. The van der Waals surface area contributed by atoms with Crippen LogP contribution in [0.5, 0.6) is 0 Å². The van der Waals surface area contributed by atoms with Gasteiger partial charge in [-0.15, -0.1) is 0 Å². The topological polar surface area (TPSA) is 245 Å². The van der Waals surface area contributed by atoms with Gasteiger partial charge in [-0.3, -0.25) is 14.6 Å². The van der Waals surface area contributed by atoms with Crippen molar-refractivity contribution in [2.45, 2.75) is 37.8 Å². The first kappa shape index (κ1) is 22.6. The van der Waals surface area contributed by atoms with E-state index in [0.29, 0.717) is 12.8 Å². The van der Waals surface area contributed by atoms with Crippen molar-refractivity contribution in [1.29, 1.82) is 0 Å². The molecule has 0 spiro atoms. The number of aromatic nitrogens is 2. The van der Waals surface area contributed by atoms with Gasteiger partial charge in [-0.25, -0.2) is 4.79 Å². The zero-order chi connectivity index (χ0) is 21.1. The normalized spacial score (nSPS) is 12.6. The number of aliphatic carboxylic acids is 2. The van der Waals surface area contributed by atoms with Crippen LogP contribution in [0.15, 0.2) is 9.52 Å². The van der Waals surface area contributed by atoms with E-state index in [9.17, 15) is 14.4 Å². The van der Waals surface area contributed by atoms with Crippen molar-refractivity contribution in [3.8, 4) is 0 Å². The first-order valence-electron chi connectivity index (χ1n) is 8.31. The van der Waals surface area contributed by atoms with Crippen LogP contribution in [0.4, 0.5) is 4.79 Å². The lowest BCUT2D eigenvalue weighted by Gasteiger charge is -2.14. The minimum Gasteiger partial charge on any atom is -0.481 e. The number of nitrogens with one attached hydrogen (secondary N) is 2. The predicted molar refractivity (Wildman–Crippen MR) is 94.9 cm³/mol. The Balaban J connectivity index is 2.79. The molecule has 0 unspecified atom stereocenters. The highest BCUT2D eigenvalue weighted by molar-refractivity contribution is 5.80. The Labute approximate surface area is 159 Å². The molecule has 14 nitrogen and oxygen atoms in total. The molecule has 0 aliphatic carbocycles. The number of carbonyl (C=O) groups excluding carboxylic acids is 1. The third-order valence-electron chi connectivity index (χ3n) is 3.41. The number of hydrogen-bond acceptors (Lipinski definition) is 8. The van der Waals surface area contributed by atoms with Gasteiger partial charge in [0.05, 0.1) is 6.04 Å². The van der Waals surface area contributed by atoms with Crippen LogP contribution >= 0.6 is 0 Å². The molecule has 14 heteroatoms. The van der Waals surface area contributed by atoms with Crippen LogP contribution in [0.3, 0.4) is 0 Å². The van der Waals surface area contributed by atoms with Crippen LogP contribution in [0, 0.1) is 0 Å². The van der Waals surface area contributed by atoms with Gasteiger partial charge in [0.25, 0.3) is 0 Å².